The van der Waals surface area contributed by atoms with Crippen molar-refractivity contribution in [3.8, 4) is 0 Å². The average molecular weight is 156 g/mol. The summed E-state index contributed by atoms with van der Waals surface area (Å²) in [5, 5.41) is 0. The third kappa shape index (κ3) is 1.86. The molecular formula is C9H9K. The molecule has 0 radical (unpaired) electrons. The second-order valence-corrected chi connectivity index (χ2v) is 2.50. The van der Waals surface area contributed by atoms with Crippen LogP contribution in [-0.4, -0.2) is 0 Å². The molecule has 0 amide bonds. The maximum absolute atomic E-state index is 2.24. The summed E-state index contributed by atoms with van der Waals surface area (Å²) in [6, 6.07) is 0. The molecule has 0 atom stereocenters. The number of hydrogen-bond donors (Lipinski definition) is 0. The number of fused-ring (bicyclic) bond motifs is 1. The molecule has 0 unspecified atom stereocenters. The SMILES string of the molecule is C1=CC2C=CC(C=C2)[CH-]1.[K+]. The smallest absolute Gasteiger partial charge is 0.230 e. The molecule has 0 aromatic carbocycles. The van der Waals surface area contributed by atoms with Crippen LogP contribution in [0.3, 0.4) is 0 Å². The van der Waals surface area contributed by atoms with E-state index in [4.69, 9.17) is 0 Å². The van der Waals surface area contributed by atoms with Crippen molar-refractivity contribution in [1.82, 2.24) is 0 Å². The summed E-state index contributed by atoms with van der Waals surface area (Å²) in [6.07, 6.45) is 15.5. The Morgan fingerprint density at radius 3 is 2.30 bits per heavy atom. The Morgan fingerprint density at radius 2 is 1.60 bits per heavy atom. The first-order valence-electron chi connectivity index (χ1n) is 3.33. The maximum atomic E-state index is 2.24. The molecule has 3 aliphatic carbocycles. The predicted molar refractivity (Wildman–Crippen MR) is 38.7 cm³/mol. The van der Waals surface area contributed by atoms with E-state index in [9.17, 15) is 0 Å². The van der Waals surface area contributed by atoms with E-state index in [1.165, 1.54) is 0 Å². The molecule has 0 aromatic rings. The minimum absolute atomic E-state index is 0. The second-order valence-electron chi connectivity index (χ2n) is 2.50. The predicted octanol–water partition coefficient (Wildman–Crippen LogP) is -0.877. The summed E-state index contributed by atoms with van der Waals surface area (Å²) in [4.78, 5) is 0. The van der Waals surface area contributed by atoms with E-state index >= 15 is 0 Å². The van der Waals surface area contributed by atoms with E-state index in [1.54, 1.807) is 0 Å². The van der Waals surface area contributed by atoms with Crippen LogP contribution < -0.4 is 51.4 Å². The second kappa shape index (κ2) is 3.93. The van der Waals surface area contributed by atoms with Gasteiger partial charge in [-0.3, -0.25) is 0 Å². The Kier molecular flexibility index (Phi) is 3.47. The van der Waals surface area contributed by atoms with Crippen LogP contribution in [0, 0.1) is 18.3 Å². The van der Waals surface area contributed by atoms with Crippen LogP contribution in [0.25, 0.3) is 0 Å². The van der Waals surface area contributed by atoms with Gasteiger partial charge in [-0.05, 0) is 0 Å². The van der Waals surface area contributed by atoms with E-state index in [0.717, 1.165) is 0 Å². The molecule has 10 heavy (non-hydrogen) atoms. The zero-order valence-corrected chi connectivity index (χ0v) is 9.32. The van der Waals surface area contributed by atoms with Crippen LogP contribution in [0.15, 0.2) is 36.5 Å². The van der Waals surface area contributed by atoms with Crippen molar-refractivity contribution in [1.29, 1.82) is 0 Å². The Labute approximate surface area is 105 Å². The van der Waals surface area contributed by atoms with Crippen molar-refractivity contribution in [3.05, 3.63) is 42.9 Å². The Balaban J connectivity index is 0.000000500. The third-order valence-electron chi connectivity index (χ3n) is 1.78. The molecule has 0 fully saturated rings. The van der Waals surface area contributed by atoms with Crippen LogP contribution in [0.4, 0.5) is 0 Å². The minimum Gasteiger partial charge on any atom is -0.230 e. The molecule has 3 aliphatic rings. The van der Waals surface area contributed by atoms with Crippen molar-refractivity contribution in [2.45, 2.75) is 0 Å². The molecule has 2 bridgehead atoms. The molecule has 0 heterocycles. The summed E-state index contributed by atoms with van der Waals surface area (Å²) in [6.45, 7) is 0. The Bertz CT molecular complexity index is 172. The quantitative estimate of drug-likeness (QED) is 0.243. The van der Waals surface area contributed by atoms with Crippen molar-refractivity contribution < 1.29 is 51.4 Å². The molecule has 0 N–H and O–H groups in total. The number of allylic oxidation sites excluding steroid dienone is 6. The van der Waals surface area contributed by atoms with Gasteiger partial charge in [0.2, 0.25) is 0 Å². The number of hydrogen-bond acceptors (Lipinski definition) is 0. The fourth-order valence-corrected chi connectivity index (χ4v) is 1.22. The summed E-state index contributed by atoms with van der Waals surface area (Å²) >= 11 is 0. The molecule has 46 valence electrons. The largest absolute Gasteiger partial charge is 1.00 e. The van der Waals surface area contributed by atoms with E-state index in [2.05, 4.69) is 42.9 Å². The Hall–Kier alpha value is 0.726. The van der Waals surface area contributed by atoms with Gasteiger partial charge in [-0.1, -0.05) is 36.1 Å². The summed E-state index contributed by atoms with van der Waals surface area (Å²) in [5.41, 5.74) is 0. The molecule has 0 aliphatic heterocycles. The van der Waals surface area contributed by atoms with Gasteiger partial charge in [-0.2, -0.15) is 0 Å². The van der Waals surface area contributed by atoms with Gasteiger partial charge >= 0.3 is 51.4 Å². The molecule has 3 rings (SSSR count). The molecule has 0 aromatic heterocycles. The van der Waals surface area contributed by atoms with Gasteiger partial charge in [-0.25, -0.2) is 18.6 Å². The molecule has 0 spiro atoms. The monoisotopic (exact) mass is 156 g/mol. The van der Waals surface area contributed by atoms with E-state index < -0.39 is 0 Å². The van der Waals surface area contributed by atoms with Gasteiger partial charge in [-0.15, -0.1) is 0 Å². The van der Waals surface area contributed by atoms with Gasteiger partial charge < -0.3 is 0 Å². The molecule has 0 nitrogen and oxygen atoms in total. The van der Waals surface area contributed by atoms with Crippen LogP contribution in [-0.2, 0) is 0 Å². The normalized spacial score (nSPS) is 32.8. The average Bonchev–Trinajstić information content (AvgIpc) is 2.21. The van der Waals surface area contributed by atoms with Crippen LogP contribution in [0.1, 0.15) is 0 Å². The third-order valence-corrected chi connectivity index (χ3v) is 1.78. The number of rotatable bonds is 0. The van der Waals surface area contributed by atoms with Crippen LogP contribution >= 0.6 is 0 Å². The molecule has 1 heteroatoms. The van der Waals surface area contributed by atoms with Gasteiger partial charge in [0.1, 0.15) is 0 Å². The molecule has 0 saturated carbocycles. The van der Waals surface area contributed by atoms with Gasteiger partial charge in [0.15, 0.2) is 0 Å². The minimum atomic E-state index is 0. The van der Waals surface area contributed by atoms with Crippen molar-refractivity contribution in [2.24, 2.45) is 11.8 Å². The fraction of sp³-hybridized carbons (Fsp3) is 0.222. The first-order chi connectivity index (χ1) is 4.45. The van der Waals surface area contributed by atoms with Gasteiger partial charge in [0.25, 0.3) is 0 Å². The Morgan fingerprint density at radius 1 is 0.900 bits per heavy atom. The first-order valence-corrected chi connectivity index (χ1v) is 3.33. The van der Waals surface area contributed by atoms with Crippen molar-refractivity contribution >= 4 is 0 Å². The summed E-state index contributed by atoms with van der Waals surface area (Å²) < 4.78 is 0. The van der Waals surface area contributed by atoms with Crippen LogP contribution in [0.2, 0.25) is 0 Å². The fourth-order valence-electron chi connectivity index (χ4n) is 1.22. The maximum Gasteiger partial charge on any atom is 1.00 e. The first kappa shape index (κ1) is 8.82. The zero-order chi connectivity index (χ0) is 6.10. The molecule has 0 saturated heterocycles. The zero-order valence-electron chi connectivity index (χ0n) is 6.20. The standard InChI is InChI=1S/C9H9.K/c1-2-8-4-6-9(3-1)7-5-8;/h1-9H;/q-1;+1. The van der Waals surface area contributed by atoms with E-state index in [0.29, 0.717) is 11.8 Å². The summed E-state index contributed by atoms with van der Waals surface area (Å²) in [7, 11) is 0. The van der Waals surface area contributed by atoms with Crippen molar-refractivity contribution in [2.75, 3.05) is 0 Å². The van der Waals surface area contributed by atoms with Gasteiger partial charge in [0.05, 0.1) is 0 Å². The molecular weight excluding hydrogens is 147 g/mol. The topological polar surface area (TPSA) is 0 Å². The van der Waals surface area contributed by atoms with E-state index in [-0.39, 0.29) is 51.4 Å². The summed E-state index contributed by atoms with van der Waals surface area (Å²) in [5.74, 6) is 1.14. The van der Waals surface area contributed by atoms with E-state index in [1.807, 2.05) is 0 Å². The van der Waals surface area contributed by atoms with Gasteiger partial charge in [0, 0.05) is 0 Å². The van der Waals surface area contributed by atoms with Crippen molar-refractivity contribution in [3.63, 3.8) is 0 Å². The van der Waals surface area contributed by atoms with Crippen LogP contribution in [0.5, 0.6) is 0 Å².